The Morgan fingerprint density at radius 1 is 0.912 bits per heavy atom. The number of hydrogen-bond donors (Lipinski definition) is 3. The van der Waals surface area contributed by atoms with E-state index in [9.17, 15) is 19.2 Å². The summed E-state index contributed by atoms with van der Waals surface area (Å²) >= 11 is 1.49. The highest BCUT2D eigenvalue weighted by Crippen LogP contribution is 2.28. The van der Waals surface area contributed by atoms with E-state index in [-0.39, 0.29) is 22.4 Å². The minimum absolute atomic E-state index is 0.00652. The van der Waals surface area contributed by atoms with E-state index in [0.717, 1.165) is 4.88 Å². The molecule has 0 bridgehead atoms. The van der Waals surface area contributed by atoms with E-state index in [4.69, 9.17) is 16.2 Å². The molecule has 2 aromatic heterocycles. The maximum Gasteiger partial charge on any atom is 0.339 e. The molecule has 3 amide bonds. The van der Waals surface area contributed by atoms with Gasteiger partial charge in [-0.1, -0.05) is 24.3 Å². The van der Waals surface area contributed by atoms with Gasteiger partial charge in [0.25, 0.3) is 5.91 Å². The number of esters is 1. The molecule has 2 heterocycles. The minimum Gasteiger partial charge on any atom is -0.452 e. The van der Waals surface area contributed by atoms with Gasteiger partial charge < -0.3 is 21.5 Å². The molecule has 0 spiro atoms. The molecular weight excluding hydrogens is 456 g/mol. The van der Waals surface area contributed by atoms with Crippen molar-refractivity contribution in [2.75, 3.05) is 11.9 Å². The van der Waals surface area contributed by atoms with Crippen LogP contribution in [0.4, 0.5) is 5.69 Å². The molecule has 4 aromatic rings. The highest BCUT2D eigenvalue weighted by molar-refractivity contribution is 7.13. The quantitative estimate of drug-likeness (QED) is 0.350. The number of nitrogens with zero attached hydrogens (tertiary/aromatic N) is 1. The van der Waals surface area contributed by atoms with Gasteiger partial charge in [0.05, 0.1) is 21.7 Å². The summed E-state index contributed by atoms with van der Waals surface area (Å²) in [4.78, 5) is 53.7. The lowest BCUT2D eigenvalue weighted by Crippen LogP contribution is -2.22. The number of benzene rings is 2. The Morgan fingerprint density at radius 3 is 2.26 bits per heavy atom. The second-order valence-electron chi connectivity index (χ2n) is 7.20. The van der Waals surface area contributed by atoms with Crippen LogP contribution in [-0.4, -0.2) is 35.3 Å². The Bertz CT molecular complexity index is 1400. The van der Waals surface area contributed by atoms with Gasteiger partial charge in [0, 0.05) is 22.2 Å². The fraction of sp³-hybridized carbons (Fsp3) is 0.0417. The predicted molar refractivity (Wildman–Crippen MR) is 127 cm³/mol. The van der Waals surface area contributed by atoms with Crippen LogP contribution in [0.15, 0.2) is 66.0 Å². The van der Waals surface area contributed by atoms with E-state index in [0.29, 0.717) is 16.6 Å². The third-order valence-electron chi connectivity index (χ3n) is 4.83. The molecule has 5 N–H and O–H groups in total. The number of fused-ring (bicyclic) bond motifs is 1. The molecule has 0 saturated carbocycles. The first-order chi connectivity index (χ1) is 16.3. The fourth-order valence-electron chi connectivity index (χ4n) is 3.29. The van der Waals surface area contributed by atoms with Crippen LogP contribution in [0.5, 0.6) is 0 Å². The number of nitrogens with one attached hydrogen (secondary N) is 1. The van der Waals surface area contributed by atoms with Crippen LogP contribution >= 0.6 is 11.3 Å². The van der Waals surface area contributed by atoms with Crippen molar-refractivity contribution in [2.24, 2.45) is 11.5 Å². The smallest absolute Gasteiger partial charge is 0.339 e. The summed E-state index contributed by atoms with van der Waals surface area (Å²) in [7, 11) is 0. The molecule has 34 heavy (non-hydrogen) atoms. The SMILES string of the molecule is NC(=O)c1cc(NC(=O)COC(=O)c2cc(-c3cccs3)nc3ccccc23)cc(C(N)=O)c1. The lowest BCUT2D eigenvalue weighted by Gasteiger charge is -2.11. The number of aromatic nitrogens is 1. The molecule has 0 atom stereocenters. The summed E-state index contributed by atoms with van der Waals surface area (Å²) in [5.41, 5.74) is 12.1. The highest BCUT2D eigenvalue weighted by atomic mass is 32.1. The number of anilines is 1. The summed E-state index contributed by atoms with van der Waals surface area (Å²) in [6.45, 7) is -0.601. The third-order valence-corrected chi connectivity index (χ3v) is 5.72. The molecular formula is C24H18N4O5S. The first-order valence-electron chi connectivity index (χ1n) is 9.97. The molecule has 0 aliphatic rings. The molecule has 9 nitrogen and oxygen atoms in total. The van der Waals surface area contributed by atoms with Gasteiger partial charge in [-0.25, -0.2) is 9.78 Å². The average Bonchev–Trinajstić information content (AvgIpc) is 3.36. The molecule has 0 aliphatic heterocycles. The number of amides is 3. The van der Waals surface area contributed by atoms with E-state index in [1.165, 1.54) is 29.5 Å². The maximum atomic E-state index is 12.9. The average molecular weight is 474 g/mol. The standard InChI is InChI=1S/C24H18N4O5S/c25-22(30)13-8-14(23(26)31)10-15(9-13)27-21(29)12-33-24(32)17-11-19(20-6-3-7-34-20)28-18-5-2-1-4-16(17)18/h1-11H,12H2,(H2,25,30)(H2,26,31)(H,27,29). The first-order valence-corrected chi connectivity index (χ1v) is 10.8. The zero-order valence-electron chi connectivity index (χ0n) is 17.6. The second-order valence-corrected chi connectivity index (χ2v) is 8.15. The number of hydrogen-bond acceptors (Lipinski definition) is 7. The number of pyridine rings is 1. The summed E-state index contributed by atoms with van der Waals surface area (Å²) < 4.78 is 5.24. The summed E-state index contributed by atoms with van der Waals surface area (Å²) in [5.74, 6) is -2.97. The number of rotatable bonds is 7. The van der Waals surface area contributed by atoms with Crippen LogP contribution in [-0.2, 0) is 9.53 Å². The van der Waals surface area contributed by atoms with Crippen molar-refractivity contribution in [3.63, 3.8) is 0 Å². The number of nitrogens with two attached hydrogens (primary N) is 2. The van der Waals surface area contributed by atoms with E-state index < -0.39 is 30.3 Å². The van der Waals surface area contributed by atoms with Gasteiger partial charge in [-0.05, 0) is 41.8 Å². The topological polar surface area (TPSA) is 154 Å². The number of thiophene rings is 1. The summed E-state index contributed by atoms with van der Waals surface area (Å²) in [5, 5.41) is 4.97. The van der Waals surface area contributed by atoms with Crippen molar-refractivity contribution in [2.45, 2.75) is 0 Å². The molecule has 10 heteroatoms. The monoisotopic (exact) mass is 474 g/mol. The number of carbonyl (C=O) groups is 4. The number of para-hydroxylation sites is 1. The molecule has 170 valence electrons. The molecule has 0 radical (unpaired) electrons. The van der Waals surface area contributed by atoms with Gasteiger partial charge in [-0.15, -0.1) is 11.3 Å². The molecule has 0 saturated heterocycles. The number of ether oxygens (including phenoxy) is 1. The van der Waals surface area contributed by atoms with Gasteiger partial charge in [0.1, 0.15) is 0 Å². The van der Waals surface area contributed by atoms with Crippen LogP contribution in [0.1, 0.15) is 31.1 Å². The Kier molecular flexibility index (Phi) is 6.33. The lowest BCUT2D eigenvalue weighted by atomic mass is 10.1. The minimum atomic E-state index is -0.795. The number of primary amides is 2. The first kappa shape index (κ1) is 22.6. The van der Waals surface area contributed by atoms with Crippen molar-refractivity contribution >= 4 is 51.6 Å². The van der Waals surface area contributed by atoms with Crippen LogP contribution < -0.4 is 16.8 Å². The second kappa shape index (κ2) is 9.51. The maximum absolute atomic E-state index is 12.9. The van der Waals surface area contributed by atoms with Gasteiger partial charge in [0.15, 0.2) is 6.61 Å². The van der Waals surface area contributed by atoms with Crippen molar-refractivity contribution in [3.8, 4) is 10.6 Å². The van der Waals surface area contributed by atoms with Crippen LogP contribution in [0.3, 0.4) is 0 Å². The Hall–Kier alpha value is -4.57. The Labute approximate surface area is 197 Å². The van der Waals surface area contributed by atoms with Gasteiger partial charge >= 0.3 is 5.97 Å². The predicted octanol–water partition coefficient (Wildman–Crippen LogP) is 2.96. The molecule has 0 unspecified atom stereocenters. The Morgan fingerprint density at radius 2 is 1.62 bits per heavy atom. The van der Waals surface area contributed by atoms with Crippen molar-refractivity contribution in [1.29, 1.82) is 0 Å². The van der Waals surface area contributed by atoms with Crippen molar-refractivity contribution < 1.29 is 23.9 Å². The van der Waals surface area contributed by atoms with Crippen molar-refractivity contribution in [1.82, 2.24) is 4.98 Å². The van der Waals surface area contributed by atoms with E-state index in [2.05, 4.69) is 10.3 Å². The normalized spacial score (nSPS) is 10.6. The van der Waals surface area contributed by atoms with Crippen LogP contribution in [0.2, 0.25) is 0 Å². The van der Waals surface area contributed by atoms with Gasteiger partial charge in [-0.3, -0.25) is 14.4 Å². The zero-order chi connectivity index (χ0) is 24.2. The Balaban J connectivity index is 1.53. The largest absolute Gasteiger partial charge is 0.452 e. The van der Waals surface area contributed by atoms with Crippen LogP contribution in [0.25, 0.3) is 21.5 Å². The fourth-order valence-corrected chi connectivity index (χ4v) is 3.97. The molecule has 0 fully saturated rings. The summed E-state index contributed by atoms with van der Waals surface area (Å²) in [6.07, 6.45) is 0. The van der Waals surface area contributed by atoms with E-state index in [1.54, 1.807) is 24.3 Å². The molecule has 0 aliphatic carbocycles. The summed E-state index contributed by atoms with van der Waals surface area (Å²) in [6, 6.07) is 16.3. The van der Waals surface area contributed by atoms with Crippen molar-refractivity contribution in [3.05, 3.63) is 82.7 Å². The third kappa shape index (κ3) is 4.92. The van der Waals surface area contributed by atoms with E-state index >= 15 is 0 Å². The highest BCUT2D eigenvalue weighted by Gasteiger charge is 2.17. The molecule has 2 aromatic carbocycles. The van der Waals surface area contributed by atoms with Gasteiger partial charge in [-0.2, -0.15) is 0 Å². The van der Waals surface area contributed by atoms with Crippen LogP contribution in [0, 0.1) is 0 Å². The number of carbonyl (C=O) groups excluding carboxylic acids is 4. The molecule has 4 rings (SSSR count). The van der Waals surface area contributed by atoms with Gasteiger partial charge in [0.2, 0.25) is 11.8 Å². The zero-order valence-corrected chi connectivity index (χ0v) is 18.4. The van der Waals surface area contributed by atoms with E-state index in [1.807, 2.05) is 23.6 Å². The lowest BCUT2D eigenvalue weighted by molar-refractivity contribution is -0.119.